The molecule has 0 radical (unpaired) electrons. The van der Waals surface area contributed by atoms with Crippen molar-refractivity contribution in [2.45, 2.75) is 108 Å². The second kappa shape index (κ2) is 17.8. The van der Waals surface area contributed by atoms with Gasteiger partial charge in [-0.15, -0.1) is 0 Å². The number of nitrogens with zero attached hydrogens (tertiary/aromatic N) is 14. The maximum atomic E-state index is 13.7. The number of rotatable bonds is 8. The molecule has 4 aromatic carbocycles. The minimum absolute atomic E-state index is 0.154. The van der Waals surface area contributed by atoms with Crippen LogP contribution < -0.4 is 44.5 Å². The van der Waals surface area contributed by atoms with Crippen molar-refractivity contribution in [3.8, 4) is 45.6 Å². The minimum atomic E-state index is -0.696. The van der Waals surface area contributed by atoms with Crippen LogP contribution in [0.25, 0.3) is 134 Å². The van der Waals surface area contributed by atoms with Gasteiger partial charge in [-0.2, -0.15) is 0 Å². The summed E-state index contributed by atoms with van der Waals surface area (Å²) in [4.78, 5) is 148. The summed E-state index contributed by atoms with van der Waals surface area (Å²) >= 11 is 0. The van der Waals surface area contributed by atoms with Crippen molar-refractivity contribution >= 4 is 88.3 Å². The largest absolute Gasteiger partial charge is 0.324 e. The molecule has 24 nitrogen and oxygen atoms in total. The Morgan fingerprint density at radius 1 is 0.263 bits per heavy atom. The molecule has 0 fully saturated rings. The van der Waals surface area contributed by atoms with Gasteiger partial charge in [0.1, 0.15) is 22.6 Å². The zero-order chi connectivity index (χ0) is 56.1. The number of H-pyrrole nitrogens is 2. The molecule has 13 rings (SSSR count). The van der Waals surface area contributed by atoms with Crippen molar-refractivity contribution in [3.05, 3.63) is 131 Å². The molecule has 9 heterocycles. The van der Waals surface area contributed by atoms with Crippen LogP contribution in [0.4, 0.5) is 0 Å². The van der Waals surface area contributed by atoms with E-state index in [1.165, 1.54) is 36.5 Å². The fourth-order valence-corrected chi connectivity index (χ4v) is 11.9. The van der Waals surface area contributed by atoms with Gasteiger partial charge in [-0.3, -0.25) is 38.4 Å². The third-order valence-corrected chi connectivity index (χ3v) is 15.8. The van der Waals surface area contributed by atoms with Crippen LogP contribution in [0, 0.1) is 0 Å². The first-order valence-electron chi connectivity index (χ1n) is 26.7. The molecule has 402 valence electrons. The lowest BCUT2D eigenvalue weighted by Gasteiger charge is -2.14. The van der Waals surface area contributed by atoms with E-state index >= 15 is 0 Å². The molecule has 0 unspecified atom stereocenters. The van der Waals surface area contributed by atoms with Crippen molar-refractivity contribution in [2.75, 3.05) is 0 Å². The Bertz CT molecular complexity index is 4740. The van der Waals surface area contributed by atoms with Crippen LogP contribution in [0.15, 0.2) is 86.9 Å². The highest BCUT2D eigenvalue weighted by molar-refractivity contribution is 6.12. The van der Waals surface area contributed by atoms with Crippen molar-refractivity contribution < 1.29 is 0 Å². The first-order valence-corrected chi connectivity index (χ1v) is 26.7. The number of aromatic nitrogens is 16. The number of hydrogen-bond donors (Lipinski definition) is 2. The molecule has 0 amide bonds. The molecule has 24 heteroatoms. The maximum absolute atomic E-state index is 13.7. The third kappa shape index (κ3) is 6.67. The number of aryl methyl sites for hydroxylation is 8. The van der Waals surface area contributed by atoms with Gasteiger partial charge in [0.05, 0.1) is 44.1 Å². The molecular formula is C56H50N16O8. The summed E-state index contributed by atoms with van der Waals surface area (Å²) in [5.41, 5.74) is 0.894. The highest BCUT2D eigenvalue weighted by Crippen LogP contribution is 2.40. The van der Waals surface area contributed by atoms with E-state index in [1.807, 2.05) is 0 Å². The third-order valence-electron chi connectivity index (χ3n) is 15.8. The number of aromatic amines is 2. The molecule has 0 aliphatic carbocycles. The fourth-order valence-electron chi connectivity index (χ4n) is 11.9. The molecule has 0 spiro atoms. The Morgan fingerprint density at radius 3 is 0.588 bits per heavy atom. The Morgan fingerprint density at radius 2 is 0.425 bits per heavy atom. The highest BCUT2D eigenvalue weighted by Gasteiger charge is 2.28. The maximum Gasteiger partial charge on any atom is 0.316 e. The summed E-state index contributed by atoms with van der Waals surface area (Å²) in [7, 11) is 0. The van der Waals surface area contributed by atoms with Crippen LogP contribution in [-0.4, -0.2) is 76.4 Å². The summed E-state index contributed by atoms with van der Waals surface area (Å²) < 4.78 is 11.3. The van der Waals surface area contributed by atoms with Crippen molar-refractivity contribution in [2.24, 2.45) is 0 Å². The van der Waals surface area contributed by atoms with Gasteiger partial charge in [0.15, 0.2) is 23.3 Å². The molecule has 11 aromatic rings. The van der Waals surface area contributed by atoms with Gasteiger partial charge < -0.3 is 46.5 Å². The Labute approximate surface area is 447 Å². The van der Waals surface area contributed by atoms with E-state index in [2.05, 4.69) is 9.97 Å². The van der Waals surface area contributed by atoms with Gasteiger partial charge in [0, 0.05) is 96.2 Å². The van der Waals surface area contributed by atoms with Crippen LogP contribution in [0.5, 0.6) is 0 Å². The molecule has 80 heavy (non-hydrogen) atoms. The Hall–Kier alpha value is -10.0. The van der Waals surface area contributed by atoms with E-state index in [1.54, 1.807) is 104 Å². The molecule has 0 atom stereocenters. The standard InChI is InChI=1S/C56H50N16O8/c1-9-65-33-17-25-26(18-34(33)66(10-2)50(74)49(65)73)42-57-41(25)61-43-27-19-35-36(68(12-4)52(76)51(75)67(35)11-3)20-28(27)45(58-43)63-47-31-23-39-40(72(16-8)56(80)55(79)71(39)15-7)24-32(31)48(60-47)64-46-30-22-38-37(21-29(30)44(59-46)62-42)69(13-5)53(77)54(78)70(38)14-6/h17-24H,9-16H2,1-8H3,(H2,57,58,59,60,61,62,63,64). The lowest BCUT2D eigenvalue weighted by Crippen LogP contribution is -2.41. The van der Waals surface area contributed by atoms with E-state index in [0.717, 1.165) is 0 Å². The van der Waals surface area contributed by atoms with Crippen molar-refractivity contribution in [1.29, 1.82) is 0 Å². The van der Waals surface area contributed by atoms with E-state index in [9.17, 15) is 38.4 Å². The molecule has 8 bridgehead atoms. The summed E-state index contributed by atoms with van der Waals surface area (Å²) in [5.74, 6) is 0.617. The van der Waals surface area contributed by atoms with Gasteiger partial charge in [-0.1, -0.05) is 0 Å². The van der Waals surface area contributed by atoms with Gasteiger partial charge in [-0.05, 0) is 104 Å². The normalized spacial score (nSPS) is 12.3. The van der Waals surface area contributed by atoms with Gasteiger partial charge in [0.2, 0.25) is 0 Å². The van der Waals surface area contributed by atoms with Crippen LogP contribution in [0.2, 0.25) is 0 Å². The lowest BCUT2D eigenvalue weighted by atomic mass is 10.1. The second-order valence-electron chi connectivity index (χ2n) is 19.6. The van der Waals surface area contributed by atoms with E-state index in [4.69, 9.17) is 29.9 Å². The first kappa shape index (κ1) is 49.6. The number of benzene rings is 4. The quantitative estimate of drug-likeness (QED) is 0.191. The number of fused-ring (bicyclic) bond motifs is 24. The van der Waals surface area contributed by atoms with Crippen LogP contribution >= 0.6 is 0 Å². The Kier molecular flexibility index (Phi) is 11.0. The molecule has 0 saturated heterocycles. The minimum Gasteiger partial charge on any atom is -0.324 e. The van der Waals surface area contributed by atoms with Gasteiger partial charge in [0.25, 0.3) is 0 Å². The monoisotopic (exact) mass is 1070 g/mol. The van der Waals surface area contributed by atoms with Crippen LogP contribution in [-0.2, 0) is 52.4 Å². The average Bonchev–Trinajstić information content (AvgIpc) is 4.21. The molecule has 7 aromatic heterocycles. The summed E-state index contributed by atoms with van der Waals surface area (Å²) in [6, 6.07) is 14.2. The summed E-state index contributed by atoms with van der Waals surface area (Å²) in [6.07, 6.45) is 0. The molecular weight excluding hydrogens is 1020 g/mol. The topological polar surface area (TPSA) is 285 Å². The molecule has 0 saturated carbocycles. The van der Waals surface area contributed by atoms with Crippen LogP contribution in [0.1, 0.15) is 55.4 Å². The predicted molar refractivity (Wildman–Crippen MR) is 306 cm³/mol. The number of nitrogens with one attached hydrogen (secondary N) is 2. The van der Waals surface area contributed by atoms with Gasteiger partial charge >= 0.3 is 44.5 Å². The SMILES string of the molecule is CCn1c(=O)c(=O)n(CC)c2cc3c(cc21)-c1nc-3nc2[nH]c(nc3nc(nc4[nH]c(n1)c1cc5c(cc41)n(CC)c(=O)c(=O)n5CC)-c1cc4c(cc1-3)n(CC)c(=O)c(=O)n4CC)c1cc3c(cc21)n(CC)c(=O)c(=O)n3CC. The molecule has 2 aliphatic heterocycles. The zero-order valence-corrected chi connectivity index (χ0v) is 44.8. The van der Waals surface area contributed by atoms with Crippen LogP contribution in [0.3, 0.4) is 0 Å². The van der Waals surface area contributed by atoms with E-state index < -0.39 is 44.5 Å². The van der Waals surface area contributed by atoms with E-state index in [-0.39, 0.29) is 98.2 Å². The average molecular weight is 1080 g/mol. The lowest BCUT2D eigenvalue weighted by molar-refractivity contribution is 0.683. The number of hydrogen-bond acceptors (Lipinski definition) is 14. The fraction of sp³-hybridized carbons (Fsp3) is 0.286. The second-order valence-corrected chi connectivity index (χ2v) is 19.6. The van der Waals surface area contributed by atoms with Crippen molar-refractivity contribution in [3.63, 3.8) is 0 Å². The summed E-state index contributed by atoms with van der Waals surface area (Å²) in [6.45, 7) is 15.7. The zero-order valence-electron chi connectivity index (χ0n) is 44.8. The first-order chi connectivity index (χ1) is 38.6. The Balaban J connectivity index is 1.28. The molecule has 2 aliphatic rings. The van der Waals surface area contributed by atoms with Gasteiger partial charge in [-0.25, -0.2) is 29.9 Å². The van der Waals surface area contributed by atoms with E-state index in [0.29, 0.717) is 87.9 Å². The highest BCUT2D eigenvalue weighted by atomic mass is 16.2. The summed E-state index contributed by atoms with van der Waals surface area (Å²) in [5, 5.41) is 1.95. The predicted octanol–water partition coefficient (Wildman–Crippen LogP) is 4.93. The molecule has 2 N–H and O–H groups in total. The smallest absolute Gasteiger partial charge is 0.316 e. The van der Waals surface area contributed by atoms with Crippen molar-refractivity contribution in [1.82, 2.24) is 76.4 Å².